The maximum atomic E-state index is 12.7. The predicted octanol–water partition coefficient (Wildman–Crippen LogP) is 4.12. The monoisotopic (exact) mass is 385 g/mol. The Morgan fingerprint density at radius 2 is 2.04 bits per heavy atom. The van der Waals surface area contributed by atoms with Crippen LogP contribution in [0, 0.1) is 0 Å². The molecule has 6 nitrogen and oxygen atoms in total. The quantitative estimate of drug-likeness (QED) is 0.704. The number of anilines is 1. The molecule has 1 aromatic carbocycles. The van der Waals surface area contributed by atoms with Gasteiger partial charge in [0.05, 0.1) is 5.56 Å². The van der Waals surface area contributed by atoms with Gasteiger partial charge in [-0.3, -0.25) is 4.79 Å². The van der Waals surface area contributed by atoms with E-state index in [1.165, 1.54) is 24.3 Å². The molecule has 0 aliphatic heterocycles. The molecule has 0 saturated heterocycles. The molecule has 0 fully saturated rings. The van der Waals surface area contributed by atoms with Crippen molar-refractivity contribution in [3.05, 3.63) is 58.3 Å². The van der Waals surface area contributed by atoms with E-state index in [-0.39, 0.29) is 40.2 Å². The number of nitrogens with two attached hydrogens (primary N) is 1. The zero-order chi connectivity index (χ0) is 18.9. The Labute approximate surface area is 149 Å². The molecule has 0 saturated carbocycles. The second kappa shape index (κ2) is 6.75. The minimum Gasteiger partial charge on any atom is -0.443 e. The molecule has 1 amide bonds. The lowest BCUT2D eigenvalue weighted by Gasteiger charge is -2.09. The summed E-state index contributed by atoms with van der Waals surface area (Å²) < 4.78 is 48.2. The third-order valence-electron chi connectivity index (χ3n) is 3.46. The standard InChI is InChI=1S/C16H11ClF3N3O3/c17-11-5-4-10(25-11)13-12(14(21)26-23-13)15(24)22-7-8-2-1-3-9(6-8)16(18,19)20/h1-6H,7,21H2,(H,22,24). The van der Waals surface area contributed by atoms with Gasteiger partial charge in [0.15, 0.2) is 16.7 Å². The number of alkyl halides is 3. The number of carbonyl (C=O) groups is 1. The van der Waals surface area contributed by atoms with Crippen LogP contribution in [0.1, 0.15) is 21.5 Å². The first kappa shape index (κ1) is 17.9. The van der Waals surface area contributed by atoms with E-state index in [9.17, 15) is 18.0 Å². The molecular formula is C16H11ClF3N3O3. The van der Waals surface area contributed by atoms with Crippen LogP contribution in [0.2, 0.25) is 5.22 Å². The highest BCUT2D eigenvalue weighted by atomic mass is 35.5. The fraction of sp³-hybridized carbons (Fsp3) is 0.125. The Morgan fingerprint density at radius 3 is 2.69 bits per heavy atom. The molecule has 0 aliphatic carbocycles. The molecule has 0 spiro atoms. The highest BCUT2D eigenvalue weighted by Gasteiger charge is 2.30. The lowest BCUT2D eigenvalue weighted by atomic mass is 10.1. The fourth-order valence-electron chi connectivity index (χ4n) is 2.26. The van der Waals surface area contributed by atoms with E-state index in [2.05, 4.69) is 10.5 Å². The minimum absolute atomic E-state index is 0.0379. The summed E-state index contributed by atoms with van der Waals surface area (Å²) >= 11 is 5.69. The summed E-state index contributed by atoms with van der Waals surface area (Å²) in [5.41, 5.74) is 5.03. The lowest BCUT2D eigenvalue weighted by Crippen LogP contribution is -2.24. The van der Waals surface area contributed by atoms with Crippen molar-refractivity contribution >= 4 is 23.4 Å². The number of carbonyl (C=O) groups excluding carboxylic acids is 1. The average molecular weight is 386 g/mol. The summed E-state index contributed by atoms with van der Waals surface area (Å²) in [5, 5.41) is 6.22. The van der Waals surface area contributed by atoms with E-state index in [0.717, 1.165) is 12.1 Å². The fourth-order valence-corrected chi connectivity index (χ4v) is 2.41. The molecule has 0 aliphatic rings. The van der Waals surface area contributed by atoms with Crippen molar-refractivity contribution in [1.29, 1.82) is 0 Å². The third-order valence-corrected chi connectivity index (χ3v) is 3.66. The highest BCUT2D eigenvalue weighted by molar-refractivity contribution is 6.29. The van der Waals surface area contributed by atoms with Gasteiger partial charge in [-0.1, -0.05) is 17.3 Å². The summed E-state index contributed by atoms with van der Waals surface area (Å²) in [6.07, 6.45) is -4.47. The molecule has 3 aromatic rings. The highest BCUT2D eigenvalue weighted by Crippen LogP contribution is 2.31. The van der Waals surface area contributed by atoms with Crippen molar-refractivity contribution in [1.82, 2.24) is 10.5 Å². The van der Waals surface area contributed by atoms with Gasteiger partial charge in [0.25, 0.3) is 5.91 Å². The van der Waals surface area contributed by atoms with Crippen LogP contribution in [-0.2, 0) is 12.7 Å². The average Bonchev–Trinajstić information content (AvgIpc) is 3.18. The summed E-state index contributed by atoms with van der Waals surface area (Å²) in [6, 6.07) is 7.54. The van der Waals surface area contributed by atoms with Gasteiger partial charge in [0.2, 0.25) is 5.88 Å². The van der Waals surface area contributed by atoms with Crippen LogP contribution in [0.4, 0.5) is 19.1 Å². The molecule has 0 atom stereocenters. The Balaban J connectivity index is 1.79. The van der Waals surface area contributed by atoms with Gasteiger partial charge in [-0.05, 0) is 41.4 Å². The lowest BCUT2D eigenvalue weighted by molar-refractivity contribution is -0.137. The number of furan rings is 1. The van der Waals surface area contributed by atoms with Gasteiger partial charge in [0, 0.05) is 6.54 Å². The van der Waals surface area contributed by atoms with Crippen LogP contribution in [0.5, 0.6) is 0 Å². The topological polar surface area (TPSA) is 94.3 Å². The number of halogens is 4. The summed E-state index contributed by atoms with van der Waals surface area (Å²) in [6.45, 7) is -0.147. The zero-order valence-electron chi connectivity index (χ0n) is 12.9. The van der Waals surface area contributed by atoms with Crippen molar-refractivity contribution in [2.24, 2.45) is 0 Å². The molecule has 3 rings (SSSR count). The number of hydrogen-bond acceptors (Lipinski definition) is 5. The van der Waals surface area contributed by atoms with Gasteiger partial charge in [-0.15, -0.1) is 0 Å². The number of rotatable bonds is 4. The van der Waals surface area contributed by atoms with Gasteiger partial charge < -0.3 is 20.0 Å². The maximum absolute atomic E-state index is 12.7. The van der Waals surface area contributed by atoms with Crippen LogP contribution < -0.4 is 11.1 Å². The van der Waals surface area contributed by atoms with E-state index in [1.807, 2.05) is 0 Å². The number of amides is 1. The van der Waals surface area contributed by atoms with Crippen molar-refractivity contribution in [3.8, 4) is 11.5 Å². The Morgan fingerprint density at radius 1 is 1.27 bits per heavy atom. The molecule has 10 heteroatoms. The number of benzene rings is 1. The van der Waals surface area contributed by atoms with E-state index < -0.39 is 17.6 Å². The minimum atomic E-state index is -4.47. The Kier molecular flexibility index (Phi) is 4.64. The predicted molar refractivity (Wildman–Crippen MR) is 86.2 cm³/mol. The van der Waals surface area contributed by atoms with E-state index in [1.54, 1.807) is 0 Å². The van der Waals surface area contributed by atoms with E-state index >= 15 is 0 Å². The molecule has 0 radical (unpaired) electrons. The Hall–Kier alpha value is -2.94. The van der Waals surface area contributed by atoms with Crippen LogP contribution in [-0.4, -0.2) is 11.1 Å². The van der Waals surface area contributed by atoms with Crippen molar-refractivity contribution < 1.29 is 26.9 Å². The van der Waals surface area contributed by atoms with E-state index in [0.29, 0.717) is 0 Å². The molecule has 2 heterocycles. The molecule has 136 valence electrons. The van der Waals surface area contributed by atoms with Gasteiger partial charge in [0.1, 0.15) is 5.56 Å². The molecule has 3 N–H and O–H groups in total. The summed E-state index contributed by atoms with van der Waals surface area (Å²) in [4.78, 5) is 12.4. The van der Waals surface area contributed by atoms with Crippen molar-refractivity contribution in [3.63, 3.8) is 0 Å². The van der Waals surface area contributed by atoms with Crippen LogP contribution in [0.15, 0.2) is 45.3 Å². The van der Waals surface area contributed by atoms with Crippen molar-refractivity contribution in [2.75, 3.05) is 5.73 Å². The number of nitrogen functional groups attached to an aromatic ring is 1. The third kappa shape index (κ3) is 3.67. The molecule has 2 aromatic heterocycles. The molecule has 0 bridgehead atoms. The summed E-state index contributed by atoms with van der Waals surface area (Å²) in [5.74, 6) is -0.766. The van der Waals surface area contributed by atoms with Crippen LogP contribution in [0.3, 0.4) is 0 Å². The second-order valence-electron chi connectivity index (χ2n) is 5.26. The zero-order valence-corrected chi connectivity index (χ0v) is 13.7. The Bertz CT molecular complexity index is 950. The molecular weight excluding hydrogens is 375 g/mol. The van der Waals surface area contributed by atoms with Crippen molar-refractivity contribution in [2.45, 2.75) is 12.7 Å². The second-order valence-corrected chi connectivity index (χ2v) is 5.63. The summed E-state index contributed by atoms with van der Waals surface area (Å²) in [7, 11) is 0. The molecule has 0 unspecified atom stereocenters. The normalized spacial score (nSPS) is 11.5. The maximum Gasteiger partial charge on any atom is 0.416 e. The van der Waals surface area contributed by atoms with Gasteiger partial charge in [-0.25, -0.2) is 0 Å². The first-order chi connectivity index (χ1) is 12.3. The smallest absolute Gasteiger partial charge is 0.416 e. The first-order valence-corrected chi connectivity index (χ1v) is 7.58. The van der Waals surface area contributed by atoms with E-state index in [4.69, 9.17) is 26.3 Å². The van der Waals surface area contributed by atoms with Gasteiger partial charge >= 0.3 is 6.18 Å². The largest absolute Gasteiger partial charge is 0.443 e. The number of hydrogen-bond donors (Lipinski definition) is 2. The SMILES string of the molecule is Nc1onc(-c2ccc(Cl)o2)c1C(=O)NCc1cccc(C(F)(F)F)c1. The first-order valence-electron chi connectivity index (χ1n) is 7.21. The van der Waals surface area contributed by atoms with Gasteiger partial charge in [-0.2, -0.15) is 13.2 Å². The number of nitrogens with zero attached hydrogens (tertiary/aromatic N) is 1. The van der Waals surface area contributed by atoms with Crippen LogP contribution >= 0.6 is 11.6 Å². The van der Waals surface area contributed by atoms with Crippen LogP contribution in [0.25, 0.3) is 11.5 Å². The number of nitrogens with one attached hydrogen (secondary N) is 1. The number of aromatic nitrogens is 1. The molecule has 26 heavy (non-hydrogen) atoms.